The smallest absolute Gasteiger partial charge is 0.251 e. The minimum atomic E-state index is 0.0104. The number of rotatable bonds is 0. The summed E-state index contributed by atoms with van der Waals surface area (Å²) < 4.78 is 0. The van der Waals surface area contributed by atoms with Crippen LogP contribution in [0.1, 0.15) is 11.1 Å². The first-order chi connectivity index (χ1) is 6.20. The molecule has 1 aromatic carbocycles. The normalized spacial score (nSPS) is 10.6. The van der Waals surface area contributed by atoms with Crippen molar-refractivity contribution in [1.82, 2.24) is 4.98 Å². The van der Waals surface area contributed by atoms with E-state index in [0.29, 0.717) is 0 Å². The molecule has 2 rings (SSSR count). The number of aromatic amines is 1. The Labute approximate surface area is 76.2 Å². The number of pyridine rings is 1. The molecule has 0 atom stereocenters. The van der Waals surface area contributed by atoms with Gasteiger partial charge in [0.1, 0.15) is 0 Å². The van der Waals surface area contributed by atoms with Gasteiger partial charge >= 0.3 is 0 Å². The molecule has 0 spiro atoms. The summed E-state index contributed by atoms with van der Waals surface area (Å²) in [5.41, 5.74) is 2.80. The summed E-state index contributed by atoms with van der Waals surface area (Å²) in [6.07, 6.45) is 0. The molecular formula is C11H11NO. The Morgan fingerprint density at radius 2 is 1.77 bits per heavy atom. The van der Waals surface area contributed by atoms with Gasteiger partial charge in [-0.15, -0.1) is 0 Å². The van der Waals surface area contributed by atoms with Gasteiger partial charge < -0.3 is 4.98 Å². The summed E-state index contributed by atoms with van der Waals surface area (Å²) in [7, 11) is 0. The minimum absolute atomic E-state index is 0.0104. The van der Waals surface area contributed by atoms with Crippen molar-refractivity contribution in [2.45, 2.75) is 13.8 Å². The molecule has 0 saturated heterocycles. The van der Waals surface area contributed by atoms with E-state index in [1.807, 2.05) is 38.1 Å². The molecule has 0 amide bonds. The van der Waals surface area contributed by atoms with Crippen LogP contribution in [0.3, 0.4) is 0 Å². The maximum Gasteiger partial charge on any atom is 0.251 e. The van der Waals surface area contributed by atoms with E-state index in [4.69, 9.17) is 0 Å². The summed E-state index contributed by atoms with van der Waals surface area (Å²) in [6.45, 7) is 3.83. The molecular weight excluding hydrogens is 162 g/mol. The highest BCUT2D eigenvalue weighted by molar-refractivity contribution is 5.82. The average Bonchev–Trinajstić information content (AvgIpc) is 2.15. The molecule has 13 heavy (non-hydrogen) atoms. The van der Waals surface area contributed by atoms with Crippen molar-refractivity contribution in [1.29, 1.82) is 0 Å². The van der Waals surface area contributed by atoms with Gasteiger partial charge in [0.2, 0.25) is 0 Å². The molecule has 0 fully saturated rings. The Morgan fingerprint density at radius 1 is 1.08 bits per heavy atom. The zero-order valence-electron chi connectivity index (χ0n) is 7.72. The van der Waals surface area contributed by atoms with Gasteiger partial charge in [-0.25, -0.2) is 0 Å². The van der Waals surface area contributed by atoms with E-state index in [1.165, 1.54) is 0 Å². The van der Waals surface area contributed by atoms with Crippen molar-refractivity contribution >= 4 is 10.9 Å². The van der Waals surface area contributed by atoms with Crippen LogP contribution in [0.15, 0.2) is 29.1 Å². The lowest BCUT2D eigenvalue weighted by atomic mass is 10.1. The summed E-state index contributed by atoms with van der Waals surface area (Å²) in [6, 6.07) is 7.84. The highest BCUT2D eigenvalue weighted by Crippen LogP contribution is 2.15. The van der Waals surface area contributed by atoms with Crippen molar-refractivity contribution in [2.75, 3.05) is 0 Å². The fourth-order valence-corrected chi connectivity index (χ4v) is 1.51. The second kappa shape index (κ2) is 2.73. The Kier molecular flexibility index (Phi) is 1.69. The quantitative estimate of drug-likeness (QED) is 0.650. The molecule has 0 saturated carbocycles. The van der Waals surface area contributed by atoms with Gasteiger partial charge in [-0.2, -0.15) is 0 Å². The zero-order chi connectivity index (χ0) is 9.42. The molecule has 1 heterocycles. The number of hydrogen-bond donors (Lipinski definition) is 1. The first kappa shape index (κ1) is 8.05. The van der Waals surface area contributed by atoms with Crippen molar-refractivity contribution in [3.63, 3.8) is 0 Å². The molecule has 2 aromatic rings. The molecule has 1 N–H and O–H groups in total. The first-order valence-corrected chi connectivity index (χ1v) is 4.28. The summed E-state index contributed by atoms with van der Waals surface area (Å²) in [4.78, 5) is 14.2. The van der Waals surface area contributed by atoms with Crippen LogP contribution < -0.4 is 5.56 Å². The van der Waals surface area contributed by atoms with Crippen LogP contribution in [-0.2, 0) is 0 Å². The predicted molar refractivity (Wildman–Crippen MR) is 54.0 cm³/mol. The van der Waals surface area contributed by atoms with E-state index < -0.39 is 0 Å². The lowest BCUT2D eigenvalue weighted by Crippen LogP contribution is -2.10. The number of aromatic nitrogens is 1. The summed E-state index contributed by atoms with van der Waals surface area (Å²) >= 11 is 0. The number of benzene rings is 1. The standard InChI is InChI=1S/C11H11NO/c1-7-8(2)11(13)12-10-6-4-3-5-9(7)10/h3-6H,1-2H3,(H,12,13). The molecule has 0 aliphatic carbocycles. The molecule has 0 aliphatic heterocycles. The Bertz CT molecular complexity index is 511. The van der Waals surface area contributed by atoms with Crippen LogP contribution in [0.5, 0.6) is 0 Å². The first-order valence-electron chi connectivity index (χ1n) is 4.28. The number of fused-ring (bicyclic) bond motifs is 1. The maximum atomic E-state index is 11.4. The second-order valence-corrected chi connectivity index (χ2v) is 3.25. The lowest BCUT2D eigenvalue weighted by Gasteiger charge is -2.03. The van der Waals surface area contributed by atoms with E-state index in [9.17, 15) is 4.79 Å². The molecule has 2 nitrogen and oxygen atoms in total. The molecule has 0 unspecified atom stereocenters. The van der Waals surface area contributed by atoms with Gasteiger partial charge in [0.15, 0.2) is 0 Å². The van der Waals surface area contributed by atoms with Crippen LogP contribution in [0.4, 0.5) is 0 Å². The number of aryl methyl sites for hydroxylation is 1. The largest absolute Gasteiger partial charge is 0.322 e. The van der Waals surface area contributed by atoms with Crippen LogP contribution in [0.25, 0.3) is 10.9 Å². The van der Waals surface area contributed by atoms with Crippen molar-refractivity contribution in [3.05, 3.63) is 45.7 Å². The second-order valence-electron chi connectivity index (χ2n) is 3.25. The fraction of sp³-hybridized carbons (Fsp3) is 0.182. The highest BCUT2D eigenvalue weighted by Gasteiger charge is 2.02. The third-order valence-corrected chi connectivity index (χ3v) is 2.48. The third kappa shape index (κ3) is 1.15. The van der Waals surface area contributed by atoms with Gasteiger partial charge in [-0.1, -0.05) is 18.2 Å². The van der Waals surface area contributed by atoms with Gasteiger partial charge in [-0.3, -0.25) is 4.79 Å². The van der Waals surface area contributed by atoms with E-state index in [0.717, 1.165) is 22.0 Å². The van der Waals surface area contributed by atoms with Crippen LogP contribution >= 0.6 is 0 Å². The Balaban J connectivity index is 3.02. The van der Waals surface area contributed by atoms with Gasteiger partial charge in [0.05, 0.1) is 0 Å². The van der Waals surface area contributed by atoms with Crippen LogP contribution in [0, 0.1) is 13.8 Å². The zero-order valence-corrected chi connectivity index (χ0v) is 7.72. The SMILES string of the molecule is Cc1c(C)c2ccccc2[nH]c1=O. The summed E-state index contributed by atoms with van der Waals surface area (Å²) in [5, 5.41) is 1.12. The highest BCUT2D eigenvalue weighted by atomic mass is 16.1. The monoisotopic (exact) mass is 173 g/mol. The molecule has 0 radical (unpaired) electrons. The minimum Gasteiger partial charge on any atom is -0.322 e. The predicted octanol–water partition coefficient (Wildman–Crippen LogP) is 2.14. The number of H-pyrrole nitrogens is 1. The Morgan fingerprint density at radius 3 is 2.54 bits per heavy atom. The van der Waals surface area contributed by atoms with Crippen molar-refractivity contribution in [2.24, 2.45) is 0 Å². The van der Waals surface area contributed by atoms with Gasteiger partial charge in [-0.05, 0) is 25.5 Å². The topological polar surface area (TPSA) is 32.9 Å². The molecule has 0 bridgehead atoms. The number of nitrogens with one attached hydrogen (secondary N) is 1. The third-order valence-electron chi connectivity index (χ3n) is 2.48. The lowest BCUT2D eigenvalue weighted by molar-refractivity contribution is 1.20. The van der Waals surface area contributed by atoms with Crippen molar-refractivity contribution < 1.29 is 0 Å². The molecule has 0 aliphatic rings. The number of hydrogen-bond acceptors (Lipinski definition) is 1. The van der Waals surface area contributed by atoms with E-state index >= 15 is 0 Å². The average molecular weight is 173 g/mol. The van der Waals surface area contributed by atoms with Gasteiger partial charge in [0.25, 0.3) is 5.56 Å². The molecule has 66 valence electrons. The van der Waals surface area contributed by atoms with Gasteiger partial charge in [0, 0.05) is 16.5 Å². The summed E-state index contributed by atoms with van der Waals surface area (Å²) in [5.74, 6) is 0. The molecule has 2 heteroatoms. The van der Waals surface area contributed by atoms with E-state index in [2.05, 4.69) is 4.98 Å². The van der Waals surface area contributed by atoms with Crippen LogP contribution in [-0.4, -0.2) is 4.98 Å². The maximum absolute atomic E-state index is 11.4. The Hall–Kier alpha value is -1.57. The van der Waals surface area contributed by atoms with Crippen molar-refractivity contribution in [3.8, 4) is 0 Å². The van der Waals surface area contributed by atoms with E-state index in [-0.39, 0.29) is 5.56 Å². The fourth-order valence-electron chi connectivity index (χ4n) is 1.51. The van der Waals surface area contributed by atoms with E-state index in [1.54, 1.807) is 0 Å². The molecule has 1 aromatic heterocycles. The van der Waals surface area contributed by atoms with Crippen LogP contribution in [0.2, 0.25) is 0 Å². The number of para-hydroxylation sites is 1.